The Balaban J connectivity index is 1.17. The molecule has 1 heteroatoms. The molecule has 1 heterocycles. The predicted octanol–water partition coefficient (Wildman–Crippen LogP) is 15.2. The Kier molecular flexibility index (Phi) is 6.84. The molecule has 0 aliphatic rings. The second-order valence-electron chi connectivity index (χ2n) is 14.4. The number of rotatable bonds is 4. The average Bonchev–Trinajstić information content (AvgIpc) is 3.61. The molecular weight excluding hydrogens is 653 g/mol. The Morgan fingerprint density at radius 1 is 0.296 bits per heavy atom. The molecule has 0 unspecified atom stereocenters. The Morgan fingerprint density at radius 2 is 0.704 bits per heavy atom. The molecule has 1 aromatic heterocycles. The van der Waals surface area contributed by atoms with Crippen molar-refractivity contribution in [2.75, 3.05) is 0 Å². The fourth-order valence-electron chi connectivity index (χ4n) is 8.96. The smallest absolute Gasteiger partial charge is 0.143 e. The first-order valence-corrected chi connectivity index (χ1v) is 18.7. The van der Waals surface area contributed by atoms with Gasteiger partial charge in [0.25, 0.3) is 0 Å². The lowest BCUT2D eigenvalue weighted by atomic mass is 9.85. The van der Waals surface area contributed by atoms with Gasteiger partial charge in [0.1, 0.15) is 11.2 Å². The molecule has 0 fully saturated rings. The van der Waals surface area contributed by atoms with Crippen LogP contribution in [0.2, 0.25) is 0 Å². The van der Waals surface area contributed by atoms with E-state index in [0.717, 1.165) is 33.1 Å². The normalized spacial score (nSPS) is 11.8. The monoisotopic (exact) mass is 686 g/mol. The van der Waals surface area contributed by atoms with Crippen molar-refractivity contribution in [3.8, 4) is 44.5 Å². The van der Waals surface area contributed by atoms with Crippen molar-refractivity contribution in [1.82, 2.24) is 0 Å². The van der Waals surface area contributed by atoms with Gasteiger partial charge in [-0.2, -0.15) is 0 Å². The van der Waals surface area contributed by atoms with E-state index in [1.807, 2.05) is 0 Å². The summed E-state index contributed by atoms with van der Waals surface area (Å²) in [6.07, 6.45) is 0. The van der Waals surface area contributed by atoms with E-state index in [1.54, 1.807) is 0 Å². The molecule has 252 valence electrons. The summed E-state index contributed by atoms with van der Waals surface area (Å²) in [4.78, 5) is 0. The van der Waals surface area contributed by atoms with Crippen LogP contribution in [0.1, 0.15) is 5.56 Å². The van der Waals surface area contributed by atoms with E-state index in [-0.39, 0.29) is 0 Å². The number of para-hydroxylation sites is 1. The molecule has 0 radical (unpaired) electrons. The first-order valence-electron chi connectivity index (χ1n) is 18.7. The van der Waals surface area contributed by atoms with Crippen molar-refractivity contribution in [2.24, 2.45) is 0 Å². The maximum atomic E-state index is 7.04. The maximum absolute atomic E-state index is 7.04. The minimum atomic E-state index is 0.889. The summed E-state index contributed by atoms with van der Waals surface area (Å²) < 4.78 is 7.04. The number of aryl methyl sites for hydroxylation is 1. The van der Waals surface area contributed by atoms with Crippen LogP contribution in [0.5, 0.6) is 0 Å². The number of hydrogen-bond acceptors (Lipinski definition) is 1. The standard InChI is InChI=1S/C53H34O/c1-33-26-28-35(29-27-33)50-38-16-5-7-18-40(38)51(41-19-8-6-17-39(41)50)36-30-31-37-46-24-13-25-47(53(46)54-48(37)32-36)52-44-22-11-9-20-42(44)49(34-14-3-2-4-15-34)43-21-10-12-23-45(43)52/h2-32H,1H3. The topological polar surface area (TPSA) is 13.1 Å². The summed E-state index contributed by atoms with van der Waals surface area (Å²) >= 11 is 0. The number of furan rings is 1. The van der Waals surface area contributed by atoms with E-state index in [0.29, 0.717) is 0 Å². The molecule has 11 rings (SSSR count). The highest BCUT2D eigenvalue weighted by molar-refractivity contribution is 6.25. The largest absolute Gasteiger partial charge is 0.455 e. The lowest BCUT2D eigenvalue weighted by Gasteiger charge is -2.17. The summed E-state index contributed by atoms with van der Waals surface area (Å²) in [6.45, 7) is 2.15. The molecule has 10 aromatic carbocycles. The van der Waals surface area contributed by atoms with Gasteiger partial charge in [-0.3, -0.25) is 0 Å². The second kappa shape index (κ2) is 12.0. The third-order valence-electron chi connectivity index (χ3n) is 11.3. The molecule has 0 saturated heterocycles. The van der Waals surface area contributed by atoms with Gasteiger partial charge in [-0.05, 0) is 95.5 Å². The first kappa shape index (κ1) is 30.6. The van der Waals surface area contributed by atoms with Crippen molar-refractivity contribution >= 4 is 65.0 Å². The number of benzene rings is 10. The average molecular weight is 687 g/mol. The molecular formula is C53H34O. The molecule has 0 N–H and O–H groups in total. The van der Waals surface area contributed by atoms with Crippen LogP contribution in [0.3, 0.4) is 0 Å². The highest BCUT2D eigenvalue weighted by Crippen LogP contribution is 2.48. The quantitative estimate of drug-likeness (QED) is 0.168. The number of fused-ring (bicyclic) bond motifs is 7. The van der Waals surface area contributed by atoms with Crippen molar-refractivity contribution in [2.45, 2.75) is 6.92 Å². The van der Waals surface area contributed by atoms with Gasteiger partial charge in [0.15, 0.2) is 0 Å². The Morgan fingerprint density at radius 3 is 1.22 bits per heavy atom. The minimum absolute atomic E-state index is 0.889. The Bertz CT molecular complexity index is 3140. The predicted molar refractivity (Wildman–Crippen MR) is 230 cm³/mol. The highest BCUT2D eigenvalue weighted by atomic mass is 16.3. The molecule has 0 amide bonds. The van der Waals surface area contributed by atoms with Crippen LogP contribution in [0.4, 0.5) is 0 Å². The first-order chi connectivity index (χ1) is 26.7. The Labute approximate surface area is 313 Å². The van der Waals surface area contributed by atoms with Gasteiger partial charge in [0.05, 0.1) is 0 Å². The second-order valence-corrected chi connectivity index (χ2v) is 14.4. The molecule has 1 nitrogen and oxygen atoms in total. The van der Waals surface area contributed by atoms with Gasteiger partial charge in [0.2, 0.25) is 0 Å². The third-order valence-corrected chi connectivity index (χ3v) is 11.3. The van der Waals surface area contributed by atoms with Crippen LogP contribution in [0.15, 0.2) is 192 Å². The molecule has 0 spiro atoms. The molecule has 0 atom stereocenters. The van der Waals surface area contributed by atoms with E-state index in [4.69, 9.17) is 4.42 Å². The van der Waals surface area contributed by atoms with Gasteiger partial charge < -0.3 is 4.42 Å². The van der Waals surface area contributed by atoms with Crippen molar-refractivity contribution < 1.29 is 4.42 Å². The van der Waals surface area contributed by atoms with E-state index < -0.39 is 0 Å². The zero-order valence-corrected chi connectivity index (χ0v) is 29.8. The van der Waals surface area contributed by atoms with Gasteiger partial charge in [-0.1, -0.05) is 181 Å². The minimum Gasteiger partial charge on any atom is -0.455 e. The highest BCUT2D eigenvalue weighted by Gasteiger charge is 2.21. The van der Waals surface area contributed by atoms with Crippen LogP contribution >= 0.6 is 0 Å². The number of hydrogen-bond donors (Lipinski definition) is 0. The molecule has 0 bridgehead atoms. The summed E-state index contributed by atoms with van der Waals surface area (Å²) in [5, 5.41) is 12.1. The fourth-order valence-corrected chi connectivity index (χ4v) is 8.96. The van der Waals surface area contributed by atoms with Crippen molar-refractivity contribution in [1.29, 1.82) is 0 Å². The van der Waals surface area contributed by atoms with Gasteiger partial charge in [-0.15, -0.1) is 0 Å². The lowest BCUT2D eigenvalue weighted by molar-refractivity contribution is 0.670. The molecule has 54 heavy (non-hydrogen) atoms. The van der Waals surface area contributed by atoms with Gasteiger partial charge in [0, 0.05) is 21.9 Å². The SMILES string of the molecule is Cc1ccc(-c2c3ccccc3c(-c3ccc4c(c3)oc3c(-c5c6ccccc6c(-c6ccccc6)c6ccccc56)cccc34)c3ccccc23)cc1. The van der Waals surface area contributed by atoms with Gasteiger partial charge >= 0.3 is 0 Å². The maximum Gasteiger partial charge on any atom is 0.143 e. The van der Waals surface area contributed by atoms with Gasteiger partial charge in [-0.25, -0.2) is 0 Å². The van der Waals surface area contributed by atoms with E-state index in [2.05, 4.69) is 195 Å². The molecule has 0 aliphatic carbocycles. The molecule has 11 aromatic rings. The summed E-state index contributed by atoms with van der Waals surface area (Å²) in [6, 6.07) is 68.4. The Hall–Kier alpha value is -6.96. The van der Waals surface area contributed by atoms with Crippen LogP contribution in [0, 0.1) is 6.92 Å². The fraction of sp³-hybridized carbons (Fsp3) is 0.0189. The van der Waals surface area contributed by atoms with Crippen LogP contribution < -0.4 is 0 Å². The van der Waals surface area contributed by atoms with Crippen LogP contribution in [0.25, 0.3) is 110 Å². The summed E-state index contributed by atoms with van der Waals surface area (Å²) in [5.74, 6) is 0. The summed E-state index contributed by atoms with van der Waals surface area (Å²) in [7, 11) is 0. The van der Waals surface area contributed by atoms with Crippen LogP contribution in [-0.2, 0) is 0 Å². The molecule has 0 saturated carbocycles. The van der Waals surface area contributed by atoms with Crippen LogP contribution in [-0.4, -0.2) is 0 Å². The summed E-state index contributed by atoms with van der Waals surface area (Å²) in [5.41, 5.74) is 12.7. The van der Waals surface area contributed by atoms with Crippen molar-refractivity contribution in [3.63, 3.8) is 0 Å². The zero-order valence-electron chi connectivity index (χ0n) is 29.8. The third kappa shape index (κ3) is 4.58. The van der Waals surface area contributed by atoms with E-state index >= 15 is 0 Å². The van der Waals surface area contributed by atoms with E-state index in [9.17, 15) is 0 Å². The zero-order chi connectivity index (χ0) is 35.8. The lowest BCUT2D eigenvalue weighted by Crippen LogP contribution is -1.90. The molecule has 0 aliphatic heterocycles. The van der Waals surface area contributed by atoms with E-state index in [1.165, 1.54) is 82.0 Å². The van der Waals surface area contributed by atoms with Crippen molar-refractivity contribution in [3.05, 3.63) is 194 Å².